The van der Waals surface area contributed by atoms with Crippen LogP contribution in [0.15, 0.2) is 36.5 Å². The fourth-order valence-electron chi connectivity index (χ4n) is 4.27. The van der Waals surface area contributed by atoms with Crippen LogP contribution in [0.4, 0.5) is 5.82 Å². The van der Waals surface area contributed by atoms with Crippen molar-refractivity contribution in [2.75, 3.05) is 31.1 Å². The molecule has 6 nitrogen and oxygen atoms in total. The van der Waals surface area contributed by atoms with Crippen molar-refractivity contribution >= 4 is 11.8 Å². The summed E-state index contributed by atoms with van der Waals surface area (Å²) in [5, 5.41) is 0. The maximum Gasteiger partial charge on any atom is 0.342 e. The molecule has 1 aliphatic heterocycles. The van der Waals surface area contributed by atoms with E-state index in [2.05, 4.69) is 53.8 Å². The Labute approximate surface area is 198 Å². The first-order chi connectivity index (χ1) is 15.8. The lowest BCUT2D eigenvalue weighted by Crippen LogP contribution is -2.37. The van der Waals surface area contributed by atoms with Crippen LogP contribution < -0.4 is 9.64 Å². The number of carbonyl (C=O) groups excluding carboxylic acids is 1. The van der Waals surface area contributed by atoms with Crippen molar-refractivity contribution in [3.8, 4) is 5.75 Å². The van der Waals surface area contributed by atoms with E-state index in [0.717, 1.165) is 56.3 Å². The summed E-state index contributed by atoms with van der Waals surface area (Å²) in [6.07, 6.45) is 2.66. The maximum absolute atomic E-state index is 12.8. The van der Waals surface area contributed by atoms with Crippen molar-refractivity contribution in [1.29, 1.82) is 0 Å². The van der Waals surface area contributed by atoms with E-state index in [9.17, 15) is 4.79 Å². The molecule has 2 aromatic rings. The molecule has 0 bridgehead atoms. The Kier molecular flexibility index (Phi) is 8.73. The van der Waals surface area contributed by atoms with Gasteiger partial charge < -0.3 is 14.4 Å². The van der Waals surface area contributed by atoms with Crippen LogP contribution in [-0.4, -0.2) is 54.2 Å². The van der Waals surface area contributed by atoms with Crippen LogP contribution in [0.3, 0.4) is 0 Å². The molecule has 1 aliphatic rings. The highest BCUT2D eigenvalue weighted by molar-refractivity contribution is 5.96. The topological polar surface area (TPSA) is 54.9 Å². The lowest BCUT2D eigenvalue weighted by Gasteiger charge is -2.28. The summed E-state index contributed by atoms with van der Waals surface area (Å²) in [6, 6.07) is 10.7. The first kappa shape index (κ1) is 25.0. The van der Waals surface area contributed by atoms with Crippen molar-refractivity contribution in [2.24, 2.45) is 5.92 Å². The number of benzene rings is 1. The van der Waals surface area contributed by atoms with Crippen LogP contribution >= 0.6 is 0 Å². The average Bonchev–Trinajstić information content (AvgIpc) is 3.25. The third-order valence-corrected chi connectivity index (χ3v) is 5.94. The van der Waals surface area contributed by atoms with E-state index in [1.54, 1.807) is 6.20 Å². The highest BCUT2D eigenvalue weighted by Crippen LogP contribution is 2.28. The van der Waals surface area contributed by atoms with Gasteiger partial charge in [0.05, 0.1) is 12.7 Å². The number of likely N-dealkylation sites (N-methyl/N-ethyl adjacent to an activating group) is 1. The third-order valence-electron chi connectivity index (χ3n) is 5.94. The maximum atomic E-state index is 12.8. The minimum absolute atomic E-state index is 0.160. The van der Waals surface area contributed by atoms with Crippen molar-refractivity contribution in [3.63, 3.8) is 0 Å². The van der Waals surface area contributed by atoms with Crippen LogP contribution in [0.2, 0.25) is 0 Å². The molecule has 0 radical (unpaired) electrons. The van der Waals surface area contributed by atoms with Crippen LogP contribution in [0.25, 0.3) is 0 Å². The second-order valence-corrected chi connectivity index (χ2v) is 9.58. The molecule has 1 saturated heterocycles. The first-order valence-electron chi connectivity index (χ1n) is 12.2. The molecule has 0 spiro atoms. The molecule has 1 aromatic heterocycles. The predicted octanol–water partition coefficient (Wildman–Crippen LogP) is 5.09. The van der Waals surface area contributed by atoms with Crippen molar-refractivity contribution in [3.05, 3.63) is 53.2 Å². The van der Waals surface area contributed by atoms with E-state index >= 15 is 0 Å². The van der Waals surface area contributed by atoms with Gasteiger partial charge in [0.2, 0.25) is 0 Å². The summed E-state index contributed by atoms with van der Waals surface area (Å²) in [5.74, 6) is 1.88. The van der Waals surface area contributed by atoms with Gasteiger partial charge in [-0.1, -0.05) is 32.9 Å². The Hall–Kier alpha value is -2.60. The first-order valence-corrected chi connectivity index (χ1v) is 12.2. The molecule has 0 amide bonds. The standard InChI is InChI=1S/C27H39N3O3/c1-7-29(16-22-9-8-10-24(15-22)32-18-19(2)3)23-12-14-30(17-23)26-25(21(6)11-13-28-26)27(31)33-20(4)5/h8-11,13,15,19-20,23H,7,12,14,16-18H2,1-6H3. The zero-order valence-electron chi connectivity index (χ0n) is 21.0. The van der Waals surface area contributed by atoms with Gasteiger partial charge in [-0.25, -0.2) is 9.78 Å². The summed E-state index contributed by atoms with van der Waals surface area (Å²) >= 11 is 0. The van der Waals surface area contributed by atoms with Gasteiger partial charge in [0, 0.05) is 31.9 Å². The normalized spacial score (nSPS) is 16.2. The molecule has 1 unspecified atom stereocenters. The number of nitrogens with zero attached hydrogens (tertiary/aromatic N) is 3. The second kappa shape index (κ2) is 11.5. The van der Waals surface area contributed by atoms with Gasteiger partial charge in [-0.3, -0.25) is 4.90 Å². The van der Waals surface area contributed by atoms with Gasteiger partial charge in [-0.2, -0.15) is 0 Å². The zero-order valence-corrected chi connectivity index (χ0v) is 21.0. The number of pyridine rings is 1. The van der Waals surface area contributed by atoms with Gasteiger partial charge in [0.15, 0.2) is 0 Å². The molecule has 1 atom stereocenters. The average molecular weight is 454 g/mol. The number of rotatable bonds is 10. The van der Waals surface area contributed by atoms with Crippen molar-refractivity contribution in [1.82, 2.24) is 9.88 Å². The Balaban J connectivity index is 1.71. The molecule has 1 fully saturated rings. The van der Waals surface area contributed by atoms with E-state index in [1.165, 1.54) is 5.56 Å². The van der Waals surface area contributed by atoms with E-state index in [4.69, 9.17) is 9.47 Å². The molecule has 6 heteroatoms. The van der Waals surface area contributed by atoms with Gasteiger partial charge in [-0.05, 0) is 69.0 Å². The Morgan fingerprint density at radius 3 is 2.73 bits per heavy atom. The van der Waals surface area contributed by atoms with E-state index in [1.807, 2.05) is 32.9 Å². The quantitative estimate of drug-likeness (QED) is 0.467. The van der Waals surface area contributed by atoms with Gasteiger partial charge in [0.1, 0.15) is 17.1 Å². The number of aromatic nitrogens is 1. The van der Waals surface area contributed by atoms with Crippen LogP contribution in [0.1, 0.15) is 62.5 Å². The Morgan fingerprint density at radius 1 is 1.24 bits per heavy atom. The number of hydrogen-bond acceptors (Lipinski definition) is 6. The molecular formula is C27H39N3O3. The number of esters is 1. The van der Waals surface area contributed by atoms with Crippen molar-refractivity contribution < 1.29 is 14.3 Å². The summed E-state index contributed by atoms with van der Waals surface area (Å²) in [4.78, 5) is 22.1. The van der Waals surface area contributed by atoms with Crippen molar-refractivity contribution in [2.45, 2.75) is 66.7 Å². The lowest BCUT2D eigenvalue weighted by molar-refractivity contribution is 0.0377. The minimum atomic E-state index is -0.292. The molecule has 0 N–H and O–H groups in total. The van der Waals surface area contributed by atoms with Crippen LogP contribution in [-0.2, 0) is 11.3 Å². The third kappa shape index (κ3) is 6.70. The Bertz CT molecular complexity index is 929. The molecular weight excluding hydrogens is 414 g/mol. The van der Waals surface area contributed by atoms with Crippen LogP contribution in [0, 0.1) is 12.8 Å². The fraction of sp³-hybridized carbons (Fsp3) is 0.556. The van der Waals surface area contributed by atoms with E-state index < -0.39 is 0 Å². The lowest BCUT2D eigenvalue weighted by atomic mass is 10.1. The summed E-state index contributed by atoms with van der Waals surface area (Å²) in [6.45, 7) is 16.5. The SMILES string of the molecule is CCN(Cc1cccc(OCC(C)C)c1)C1CCN(c2nccc(C)c2C(=O)OC(C)C)C1. The summed E-state index contributed by atoms with van der Waals surface area (Å²) in [7, 11) is 0. The molecule has 33 heavy (non-hydrogen) atoms. The molecule has 1 aromatic carbocycles. The number of anilines is 1. The number of hydrogen-bond donors (Lipinski definition) is 0. The number of ether oxygens (including phenoxy) is 2. The van der Waals surface area contributed by atoms with Gasteiger partial charge in [-0.15, -0.1) is 0 Å². The molecule has 3 rings (SSSR count). The predicted molar refractivity (Wildman–Crippen MR) is 133 cm³/mol. The molecule has 2 heterocycles. The molecule has 180 valence electrons. The Morgan fingerprint density at radius 2 is 2.03 bits per heavy atom. The van der Waals surface area contributed by atoms with E-state index in [0.29, 0.717) is 17.5 Å². The zero-order chi connectivity index (χ0) is 24.0. The van der Waals surface area contributed by atoms with Gasteiger partial charge >= 0.3 is 5.97 Å². The fourth-order valence-corrected chi connectivity index (χ4v) is 4.27. The molecule has 0 aliphatic carbocycles. The van der Waals surface area contributed by atoms with Crippen LogP contribution in [0.5, 0.6) is 5.75 Å². The van der Waals surface area contributed by atoms with Gasteiger partial charge in [0.25, 0.3) is 0 Å². The highest BCUT2D eigenvalue weighted by atomic mass is 16.5. The molecule has 0 saturated carbocycles. The second-order valence-electron chi connectivity index (χ2n) is 9.58. The number of aryl methyl sites for hydroxylation is 1. The highest BCUT2D eigenvalue weighted by Gasteiger charge is 2.31. The summed E-state index contributed by atoms with van der Waals surface area (Å²) < 4.78 is 11.4. The van der Waals surface area contributed by atoms with E-state index in [-0.39, 0.29) is 12.1 Å². The number of carbonyl (C=O) groups is 1. The summed E-state index contributed by atoms with van der Waals surface area (Å²) in [5.41, 5.74) is 2.75. The smallest absolute Gasteiger partial charge is 0.342 e. The largest absolute Gasteiger partial charge is 0.493 e. The minimum Gasteiger partial charge on any atom is -0.493 e. The monoisotopic (exact) mass is 453 g/mol.